The maximum atomic E-state index is 11.9. The van der Waals surface area contributed by atoms with Gasteiger partial charge in [-0.1, -0.05) is 30.3 Å². The van der Waals surface area contributed by atoms with Crippen LogP contribution in [-0.2, 0) is 35.0 Å². The number of benzene rings is 1. The smallest absolute Gasteiger partial charge is 0.333 e. The second-order valence-corrected chi connectivity index (χ2v) is 5.84. The number of hydrogen-bond donors (Lipinski definition) is 0. The summed E-state index contributed by atoms with van der Waals surface area (Å²) in [5.74, 6) is -1.01. The van der Waals surface area contributed by atoms with Crippen LogP contribution >= 0.6 is 0 Å². The summed E-state index contributed by atoms with van der Waals surface area (Å²) < 4.78 is 20.7. The van der Waals surface area contributed by atoms with Crippen LogP contribution in [-0.4, -0.2) is 51.1 Å². The molecular formula is C19H26O6. The molecule has 0 fully saturated rings. The first-order valence-electron chi connectivity index (χ1n) is 8.01. The topological polar surface area (TPSA) is 71.1 Å². The molecule has 0 saturated carbocycles. The lowest BCUT2D eigenvalue weighted by Gasteiger charge is -2.19. The Morgan fingerprint density at radius 3 is 2.40 bits per heavy atom. The van der Waals surface area contributed by atoms with Crippen molar-refractivity contribution in [1.82, 2.24) is 0 Å². The fourth-order valence-electron chi connectivity index (χ4n) is 1.82. The Morgan fingerprint density at radius 1 is 1.12 bits per heavy atom. The second-order valence-electron chi connectivity index (χ2n) is 5.84. The molecule has 6 nitrogen and oxygen atoms in total. The molecule has 6 heteroatoms. The van der Waals surface area contributed by atoms with E-state index in [-0.39, 0.29) is 12.4 Å². The Bertz CT molecular complexity index is 565. The van der Waals surface area contributed by atoms with Crippen molar-refractivity contribution < 1.29 is 28.5 Å². The Hall–Kier alpha value is -2.02. The number of methoxy groups -OCH3 is 2. The number of hydrogen-bond acceptors (Lipinski definition) is 6. The minimum atomic E-state index is -0.991. The zero-order valence-corrected chi connectivity index (χ0v) is 15.2. The van der Waals surface area contributed by atoms with Crippen molar-refractivity contribution in [2.45, 2.75) is 32.2 Å². The SMILES string of the molecule is COCC(OCCc1ccccc1)OC(=O)/C=C/C(=O)C(C)(C)OC. The van der Waals surface area contributed by atoms with Gasteiger partial charge in [0.2, 0.25) is 6.29 Å². The van der Waals surface area contributed by atoms with Gasteiger partial charge >= 0.3 is 5.97 Å². The molecule has 0 aromatic heterocycles. The third kappa shape index (κ3) is 8.07. The van der Waals surface area contributed by atoms with Gasteiger partial charge in [-0.2, -0.15) is 0 Å². The van der Waals surface area contributed by atoms with Crippen LogP contribution < -0.4 is 0 Å². The molecule has 0 spiro atoms. The quantitative estimate of drug-likeness (QED) is 0.346. The highest BCUT2D eigenvalue weighted by Crippen LogP contribution is 2.10. The molecule has 0 aliphatic rings. The predicted octanol–water partition coefficient (Wildman–Crippen LogP) is 2.31. The van der Waals surface area contributed by atoms with Crippen molar-refractivity contribution >= 4 is 11.8 Å². The highest BCUT2D eigenvalue weighted by Gasteiger charge is 2.24. The molecule has 0 aliphatic heterocycles. The summed E-state index contributed by atoms with van der Waals surface area (Å²) in [7, 11) is 2.92. The van der Waals surface area contributed by atoms with Gasteiger partial charge in [0.1, 0.15) is 12.2 Å². The zero-order chi connectivity index (χ0) is 18.7. The van der Waals surface area contributed by atoms with Crippen molar-refractivity contribution in [3.63, 3.8) is 0 Å². The van der Waals surface area contributed by atoms with E-state index < -0.39 is 17.9 Å². The average molecular weight is 350 g/mol. The summed E-state index contributed by atoms with van der Waals surface area (Å²) in [4.78, 5) is 23.7. The van der Waals surface area contributed by atoms with Crippen LogP contribution in [0, 0.1) is 0 Å². The lowest BCUT2D eigenvalue weighted by molar-refractivity contribution is -0.183. The number of rotatable bonds is 11. The summed E-state index contributed by atoms with van der Waals surface area (Å²) in [6, 6.07) is 9.83. The van der Waals surface area contributed by atoms with Gasteiger partial charge in [0, 0.05) is 20.3 Å². The molecule has 25 heavy (non-hydrogen) atoms. The Balaban J connectivity index is 2.47. The van der Waals surface area contributed by atoms with Crippen molar-refractivity contribution in [3.8, 4) is 0 Å². The third-order valence-electron chi connectivity index (χ3n) is 3.56. The molecule has 0 saturated heterocycles. The first-order chi connectivity index (χ1) is 11.9. The molecule has 0 amide bonds. The number of carbonyl (C=O) groups excluding carboxylic acids is 2. The van der Waals surface area contributed by atoms with Crippen molar-refractivity contribution in [3.05, 3.63) is 48.0 Å². The van der Waals surface area contributed by atoms with E-state index in [1.807, 2.05) is 30.3 Å². The predicted molar refractivity (Wildman–Crippen MR) is 93.1 cm³/mol. The molecule has 1 aromatic rings. The molecule has 1 aromatic carbocycles. The van der Waals surface area contributed by atoms with Gasteiger partial charge in [0.15, 0.2) is 5.78 Å². The summed E-state index contributed by atoms with van der Waals surface area (Å²) in [5.41, 5.74) is 0.131. The van der Waals surface area contributed by atoms with E-state index >= 15 is 0 Å². The average Bonchev–Trinajstić information content (AvgIpc) is 2.60. The Morgan fingerprint density at radius 2 is 1.80 bits per heavy atom. The largest absolute Gasteiger partial charge is 0.430 e. The lowest BCUT2D eigenvalue weighted by Crippen LogP contribution is -2.32. The zero-order valence-electron chi connectivity index (χ0n) is 15.2. The Labute approximate surface area is 148 Å². The maximum Gasteiger partial charge on any atom is 0.333 e. The third-order valence-corrected chi connectivity index (χ3v) is 3.56. The van der Waals surface area contributed by atoms with E-state index in [2.05, 4.69) is 0 Å². The van der Waals surface area contributed by atoms with Gasteiger partial charge in [-0.3, -0.25) is 4.79 Å². The van der Waals surface area contributed by atoms with Crippen LogP contribution in [0.3, 0.4) is 0 Å². The van der Waals surface area contributed by atoms with Crippen molar-refractivity contribution in [2.24, 2.45) is 0 Å². The molecule has 1 rings (SSSR count). The number of carbonyl (C=O) groups is 2. The van der Waals surface area contributed by atoms with E-state index in [1.54, 1.807) is 13.8 Å². The fourth-order valence-corrected chi connectivity index (χ4v) is 1.82. The highest BCUT2D eigenvalue weighted by molar-refractivity contribution is 6.00. The van der Waals surface area contributed by atoms with Gasteiger partial charge in [-0.05, 0) is 31.9 Å². The minimum absolute atomic E-state index is 0.103. The molecule has 138 valence electrons. The summed E-state index contributed by atoms with van der Waals surface area (Å²) in [6.07, 6.45) is 2.05. The number of ether oxygens (including phenoxy) is 4. The fraction of sp³-hybridized carbons (Fsp3) is 0.474. The van der Waals surface area contributed by atoms with E-state index in [0.717, 1.165) is 17.7 Å². The van der Waals surface area contributed by atoms with Gasteiger partial charge in [0.05, 0.1) is 6.61 Å². The van der Waals surface area contributed by atoms with Crippen LogP contribution in [0.4, 0.5) is 0 Å². The number of ketones is 1. The van der Waals surface area contributed by atoms with Gasteiger partial charge in [-0.15, -0.1) is 0 Å². The Kier molecular flexibility index (Phi) is 9.05. The maximum absolute atomic E-state index is 11.9. The second kappa shape index (κ2) is 10.8. The molecule has 1 atom stereocenters. The number of esters is 1. The van der Waals surface area contributed by atoms with E-state index in [4.69, 9.17) is 18.9 Å². The minimum Gasteiger partial charge on any atom is -0.430 e. The summed E-state index contributed by atoms with van der Waals surface area (Å²) in [6.45, 7) is 3.72. The monoisotopic (exact) mass is 350 g/mol. The van der Waals surface area contributed by atoms with E-state index in [0.29, 0.717) is 13.0 Å². The molecule has 0 bridgehead atoms. The molecular weight excluding hydrogens is 324 g/mol. The highest BCUT2D eigenvalue weighted by atomic mass is 16.7. The van der Waals surface area contributed by atoms with Gasteiger partial charge < -0.3 is 18.9 Å². The normalized spacial score (nSPS) is 13.0. The van der Waals surface area contributed by atoms with Crippen molar-refractivity contribution in [1.29, 1.82) is 0 Å². The molecule has 0 heterocycles. The lowest BCUT2D eigenvalue weighted by atomic mass is 10.0. The van der Waals surface area contributed by atoms with Crippen LogP contribution in [0.25, 0.3) is 0 Å². The standard InChI is InChI=1S/C19H26O6/c1-19(2,23-4)16(20)10-11-17(21)25-18(14-22-3)24-13-12-15-8-6-5-7-9-15/h5-11,18H,12-14H2,1-4H3/b11-10+. The van der Waals surface area contributed by atoms with Crippen LogP contribution in [0.5, 0.6) is 0 Å². The van der Waals surface area contributed by atoms with Gasteiger partial charge in [-0.25, -0.2) is 4.79 Å². The van der Waals surface area contributed by atoms with Crippen molar-refractivity contribution in [2.75, 3.05) is 27.4 Å². The van der Waals surface area contributed by atoms with E-state index in [9.17, 15) is 9.59 Å². The first-order valence-corrected chi connectivity index (χ1v) is 8.01. The molecule has 1 unspecified atom stereocenters. The summed E-state index contributed by atoms with van der Waals surface area (Å²) >= 11 is 0. The van der Waals surface area contributed by atoms with Crippen LogP contribution in [0.15, 0.2) is 42.5 Å². The van der Waals surface area contributed by atoms with Gasteiger partial charge in [0.25, 0.3) is 0 Å². The van der Waals surface area contributed by atoms with E-state index in [1.165, 1.54) is 14.2 Å². The first kappa shape index (κ1) is 21.0. The molecule has 0 N–H and O–H groups in total. The van der Waals surface area contributed by atoms with Crippen LogP contribution in [0.2, 0.25) is 0 Å². The molecule has 0 aliphatic carbocycles. The summed E-state index contributed by atoms with van der Waals surface area (Å²) in [5, 5.41) is 0. The van der Waals surface area contributed by atoms with Crippen LogP contribution in [0.1, 0.15) is 19.4 Å². The molecule has 0 radical (unpaired) electrons.